The molecule has 1 aromatic carbocycles. The molecular formula is C20H21ClN4OS. The second-order valence-electron chi connectivity index (χ2n) is 6.67. The number of benzene rings is 1. The van der Waals surface area contributed by atoms with Crippen LogP contribution in [-0.4, -0.2) is 25.0 Å². The zero-order valence-corrected chi connectivity index (χ0v) is 16.7. The normalized spacial score (nSPS) is 14.6. The van der Waals surface area contributed by atoms with Gasteiger partial charge in [-0.3, -0.25) is 9.55 Å². The lowest BCUT2D eigenvalue weighted by Gasteiger charge is -2.13. The number of rotatable bonds is 6. The Morgan fingerprint density at radius 2 is 2.07 bits per heavy atom. The fraction of sp³-hybridized carbons (Fsp3) is 0.350. The summed E-state index contributed by atoms with van der Waals surface area (Å²) in [6, 6.07) is 9.59. The van der Waals surface area contributed by atoms with Gasteiger partial charge in [0.1, 0.15) is 12.4 Å². The molecule has 0 amide bonds. The molecule has 140 valence electrons. The van der Waals surface area contributed by atoms with E-state index in [0.717, 1.165) is 33.0 Å². The number of aryl methyl sites for hydroxylation is 1. The summed E-state index contributed by atoms with van der Waals surface area (Å²) < 4.78 is 8.02. The van der Waals surface area contributed by atoms with Crippen LogP contribution in [0, 0.1) is 6.92 Å². The fourth-order valence-corrected chi connectivity index (χ4v) is 4.61. The summed E-state index contributed by atoms with van der Waals surface area (Å²) in [5, 5.41) is 11.1. The molecule has 27 heavy (non-hydrogen) atoms. The first-order valence-corrected chi connectivity index (χ1v) is 10.4. The summed E-state index contributed by atoms with van der Waals surface area (Å²) in [5.74, 6) is 1.53. The number of ether oxygens (including phenoxy) is 1. The van der Waals surface area contributed by atoms with Gasteiger partial charge in [-0.15, -0.1) is 10.2 Å². The van der Waals surface area contributed by atoms with E-state index in [1.165, 1.54) is 25.7 Å². The molecule has 1 fully saturated rings. The van der Waals surface area contributed by atoms with Gasteiger partial charge >= 0.3 is 0 Å². The number of pyridine rings is 1. The molecule has 2 heterocycles. The van der Waals surface area contributed by atoms with Crippen molar-refractivity contribution >= 4 is 23.4 Å². The molecule has 7 heteroatoms. The molecule has 0 radical (unpaired) electrons. The summed E-state index contributed by atoms with van der Waals surface area (Å²) in [5.41, 5.74) is 1.94. The molecule has 0 atom stereocenters. The molecular weight excluding hydrogens is 380 g/mol. The SMILES string of the molecule is Cc1cc(OCc2nnc(SC3CCCC3)n2-c2cccnc2)ccc1Cl. The second kappa shape index (κ2) is 8.31. The Hall–Kier alpha value is -2.05. The molecule has 1 saturated carbocycles. The van der Waals surface area contributed by atoms with Crippen LogP contribution in [0.25, 0.3) is 5.69 Å². The average Bonchev–Trinajstić information content (AvgIpc) is 3.34. The van der Waals surface area contributed by atoms with Gasteiger partial charge in [0.25, 0.3) is 0 Å². The highest BCUT2D eigenvalue weighted by atomic mass is 35.5. The first-order valence-electron chi connectivity index (χ1n) is 9.11. The first kappa shape index (κ1) is 18.3. The molecule has 5 nitrogen and oxygen atoms in total. The average molecular weight is 401 g/mol. The van der Waals surface area contributed by atoms with Gasteiger partial charge in [0.2, 0.25) is 0 Å². The maximum Gasteiger partial charge on any atom is 0.196 e. The van der Waals surface area contributed by atoms with Crippen molar-refractivity contribution in [1.29, 1.82) is 0 Å². The third kappa shape index (κ3) is 4.28. The zero-order chi connectivity index (χ0) is 18.6. The van der Waals surface area contributed by atoms with E-state index < -0.39 is 0 Å². The number of hydrogen-bond acceptors (Lipinski definition) is 5. The number of halogens is 1. The van der Waals surface area contributed by atoms with Crippen LogP contribution in [0.1, 0.15) is 37.1 Å². The van der Waals surface area contributed by atoms with Gasteiger partial charge in [0, 0.05) is 16.5 Å². The van der Waals surface area contributed by atoms with Gasteiger partial charge in [-0.05, 0) is 55.7 Å². The summed E-state index contributed by atoms with van der Waals surface area (Å²) in [6.07, 6.45) is 8.67. The second-order valence-corrected chi connectivity index (χ2v) is 8.34. The minimum absolute atomic E-state index is 0.328. The number of hydrogen-bond donors (Lipinski definition) is 0. The Bertz CT molecular complexity index is 910. The van der Waals surface area contributed by atoms with Gasteiger partial charge in [-0.1, -0.05) is 36.2 Å². The Labute approximate surface area is 168 Å². The largest absolute Gasteiger partial charge is 0.486 e. The molecule has 0 aliphatic heterocycles. The van der Waals surface area contributed by atoms with Crippen molar-refractivity contribution in [2.24, 2.45) is 0 Å². The van der Waals surface area contributed by atoms with E-state index in [1.807, 2.05) is 55.2 Å². The van der Waals surface area contributed by atoms with Crippen LogP contribution in [0.3, 0.4) is 0 Å². The quantitative estimate of drug-likeness (QED) is 0.566. The van der Waals surface area contributed by atoms with Crippen molar-refractivity contribution in [2.45, 2.75) is 49.6 Å². The van der Waals surface area contributed by atoms with Crippen LogP contribution in [0.2, 0.25) is 5.02 Å². The number of thioether (sulfide) groups is 1. The molecule has 3 aromatic rings. The van der Waals surface area contributed by atoms with Crippen LogP contribution in [0.15, 0.2) is 47.9 Å². The lowest BCUT2D eigenvalue weighted by Crippen LogP contribution is -2.08. The topological polar surface area (TPSA) is 52.8 Å². The molecule has 4 rings (SSSR count). The molecule has 0 saturated heterocycles. The van der Waals surface area contributed by atoms with E-state index in [9.17, 15) is 0 Å². The minimum Gasteiger partial charge on any atom is -0.486 e. The highest BCUT2D eigenvalue weighted by molar-refractivity contribution is 7.99. The highest BCUT2D eigenvalue weighted by Crippen LogP contribution is 2.35. The number of nitrogens with zero attached hydrogens (tertiary/aromatic N) is 4. The molecule has 0 spiro atoms. The zero-order valence-electron chi connectivity index (χ0n) is 15.1. The van der Waals surface area contributed by atoms with Crippen molar-refractivity contribution in [2.75, 3.05) is 0 Å². The van der Waals surface area contributed by atoms with Gasteiger partial charge in [-0.2, -0.15) is 0 Å². The summed E-state index contributed by atoms with van der Waals surface area (Å²) in [6.45, 7) is 2.29. The third-order valence-corrected chi connectivity index (χ3v) is 6.38. The number of aromatic nitrogens is 4. The van der Waals surface area contributed by atoms with Crippen molar-refractivity contribution < 1.29 is 4.74 Å². The Morgan fingerprint density at radius 3 is 2.81 bits per heavy atom. The van der Waals surface area contributed by atoms with E-state index in [2.05, 4.69) is 19.7 Å². The Kier molecular flexibility index (Phi) is 5.64. The van der Waals surface area contributed by atoms with E-state index >= 15 is 0 Å². The monoisotopic (exact) mass is 400 g/mol. The third-order valence-electron chi connectivity index (χ3n) is 4.68. The predicted molar refractivity (Wildman–Crippen MR) is 108 cm³/mol. The lowest BCUT2D eigenvalue weighted by molar-refractivity contribution is 0.292. The molecule has 0 bridgehead atoms. The van der Waals surface area contributed by atoms with Gasteiger partial charge in [0.05, 0.1) is 11.9 Å². The van der Waals surface area contributed by atoms with Gasteiger partial charge < -0.3 is 4.74 Å². The van der Waals surface area contributed by atoms with Crippen LogP contribution >= 0.6 is 23.4 Å². The summed E-state index contributed by atoms with van der Waals surface area (Å²) in [7, 11) is 0. The molecule has 0 N–H and O–H groups in total. The molecule has 1 aliphatic rings. The van der Waals surface area contributed by atoms with Crippen LogP contribution in [0.5, 0.6) is 5.75 Å². The summed E-state index contributed by atoms with van der Waals surface area (Å²) >= 11 is 7.90. The van der Waals surface area contributed by atoms with Crippen LogP contribution < -0.4 is 4.74 Å². The van der Waals surface area contributed by atoms with Crippen LogP contribution in [0.4, 0.5) is 0 Å². The summed E-state index contributed by atoms with van der Waals surface area (Å²) in [4.78, 5) is 4.25. The van der Waals surface area contributed by atoms with Gasteiger partial charge in [0.15, 0.2) is 11.0 Å². The fourth-order valence-electron chi connectivity index (χ4n) is 3.23. The lowest BCUT2D eigenvalue weighted by atomic mass is 10.2. The highest BCUT2D eigenvalue weighted by Gasteiger charge is 2.22. The standard InChI is InChI=1S/C20H21ClN4OS/c1-14-11-16(8-9-18(14)21)26-13-19-23-24-20(27-17-6-2-3-7-17)25(19)15-5-4-10-22-12-15/h4-5,8-12,17H,2-3,6-7,13H2,1H3. The predicted octanol–water partition coefficient (Wildman–Crippen LogP) is 5.24. The molecule has 0 unspecified atom stereocenters. The first-order chi connectivity index (χ1) is 13.2. The minimum atomic E-state index is 0.328. The Balaban J connectivity index is 1.59. The Morgan fingerprint density at radius 1 is 1.22 bits per heavy atom. The van der Waals surface area contributed by atoms with E-state index in [-0.39, 0.29) is 0 Å². The van der Waals surface area contributed by atoms with E-state index in [1.54, 1.807) is 6.20 Å². The maximum atomic E-state index is 6.10. The maximum absolute atomic E-state index is 6.10. The molecule has 1 aliphatic carbocycles. The van der Waals surface area contributed by atoms with E-state index in [0.29, 0.717) is 11.9 Å². The van der Waals surface area contributed by atoms with Gasteiger partial charge in [-0.25, -0.2) is 0 Å². The van der Waals surface area contributed by atoms with Crippen molar-refractivity contribution in [3.63, 3.8) is 0 Å². The van der Waals surface area contributed by atoms with Crippen molar-refractivity contribution in [3.05, 3.63) is 59.1 Å². The van der Waals surface area contributed by atoms with Crippen LogP contribution in [-0.2, 0) is 6.61 Å². The van der Waals surface area contributed by atoms with Crippen molar-refractivity contribution in [3.8, 4) is 11.4 Å². The van der Waals surface area contributed by atoms with E-state index in [4.69, 9.17) is 16.3 Å². The molecule has 2 aromatic heterocycles. The van der Waals surface area contributed by atoms with Crippen molar-refractivity contribution in [1.82, 2.24) is 19.7 Å². The smallest absolute Gasteiger partial charge is 0.196 e.